The van der Waals surface area contributed by atoms with E-state index in [1.807, 2.05) is 19.1 Å². The van der Waals surface area contributed by atoms with Gasteiger partial charge in [-0.2, -0.15) is 0 Å². The Kier molecular flexibility index (Phi) is 5.23. The van der Waals surface area contributed by atoms with E-state index in [9.17, 15) is 15.0 Å². The molecule has 0 saturated heterocycles. The summed E-state index contributed by atoms with van der Waals surface area (Å²) in [5, 5.41) is 20.3. The molecule has 0 atom stereocenters. The fourth-order valence-corrected chi connectivity index (χ4v) is 4.43. The number of phenols is 2. The van der Waals surface area contributed by atoms with Gasteiger partial charge in [0.1, 0.15) is 17.2 Å². The molecule has 0 saturated carbocycles. The second-order valence-electron chi connectivity index (χ2n) is 6.74. The van der Waals surface area contributed by atoms with Crippen LogP contribution >= 0.6 is 11.3 Å². The van der Waals surface area contributed by atoms with Crippen molar-refractivity contribution in [2.45, 2.75) is 13.3 Å². The van der Waals surface area contributed by atoms with E-state index in [0.29, 0.717) is 17.7 Å². The average Bonchev–Trinajstić information content (AvgIpc) is 3.11. The summed E-state index contributed by atoms with van der Waals surface area (Å²) in [7, 11) is 0. The molecular weight excluding hydrogens is 384 g/mol. The smallest absolute Gasteiger partial charge is 0.195 e. The predicted molar refractivity (Wildman–Crippen MR) is 116 cm³/mol. The van der Waals surface area contributed by atoms with Crippen LogP contribution in [0.25, 0.3) is 20.5 Å². The van der Waals surface area contributed by atoms with Crippen molar-refractivity contribution in [3.63, 3.8) is 0 Å². The second-order valence-corrected chi connectivity index (χ2v) is 7.79. The van der Waals surface area contributed by atoms with Crippen LogP contribution in [0.15, 0.2) is 66.7 Å². The van der Waals surface area contributed by atoms with E-state index in [1.54, 1.807) is 54.6 Å². The van der Waals surface area contributed by atoms with Crippen molar-refractivity contribution in [3.8, 4) is 27.7 Å². The van der Waals surface area contributed by atoms with Crippen molar-refractivity contribution in [2.75, 3.05) is 6.61 Å². The van der Waals surface area contributed by atoms with Crippen molar-refractivity contribution in [1.29, 1.82) is 0 Å². The minimum absolute atomic E-state index is 0.0907. The molecule has 0 aliphatic rings. The van der Waals surface area contributed by atoms with E-state index < -0.39 is 0 Å². The third-order valence-electron chi connectivity index (χ3n) is 4.62. The van der Waals surface area contributed by atoms with Gasteiger partial charge in [-0.3, -0.25) is 4.79 Å². The topological polar surface area (TPSA) is 66.8 Å². The molecular formula is C24H20O4S. The third kappa shape index (κ3) is 3.82. The van der Waals surface area contributed by atoms with Crippen molar-refractivity contribution < 1.29 is 19.7 Å². The van der Waals surface area contributed by atoms with Gasteiger partial charge in [-0.05, 0) is 78.7 Å². The van der Waals surface area contributed by atoms with Crippen LogP contribution in [0.4, 0.5) is 0 Å². The highest BCUT2D eigenvalue weighted by atomic mass is 32.1. The third-order valence-corrected chi connectivity index (χ3v) is 5.82. The Labute approximate surface area is 172 Å². The van der Waals surface area contributed by atoms with Crippen molar-refractivity contribution >= 4 is 27.2 Å². The highest BCUT2D eigenvalue weighted by Crippen LogP contribution is 2.41. The van der Waals surface area contributed by atoms with Crippen LogP contribution in [-0.4, -0.2) is 22.6 Å². The van der Waals surface area contributed by atoms with Crippen LogP contribution in [0.5, 0.6) is 17.2 Å². The summed E-state index contributed by atoms with van der Waals surface area (Å²) in [4.78, 5) is 14.3. The van der Waals surface area contributed by atoms with Crippen LogP contribution in [0.1, 0.15) is 29.3 Å². The monoisotopic (exact) mass is 404 g/mol. The van der Waals surface area contributed by atoms with Gasteiger partial charge in [-0.15, -0.1) is 11.3 Å². The molecule has 5 heteroatoms. The molecule has 0 unspecified atom stereocenters. The minimum Gasteiger partial charge on any atom is -0.508 e. The number of hydrogen-bond donors (Lipinski definition) is 2. The van der Waals surface area contributed by atoms with Crippen LogP contribution < -0.4 is 4.74 Å². The molecule has 3 aromatic carbocycles. The number of hydrogen-bond acceptors (Lipinski definition) is 5. The molecule has 1 aromatic heterocycles. The van der Waals surface area contributed by atoms with Gasteiger partial charge < -0.3 is 14.9 Å². The van der Waals surface area contributed by atoms with Crippen molar-refractivity contribution in [2.24, 2.45) is 0 Å². The van der Waals surface area contributed by atoms with Crippen LogP contribution in [0.3, 0.4) is 0 Å². The molecule has 0 aliphatic heterocycles. The van der Waals surface area contributed by atoms with E-state index in [2.05, 4.69) is 0 Å². The molecule has 29 heavy (non-hydrogen) atoms. The molecule has 146 valence electrons. The van der Waals surface area contributed by atoms with Crippen molar-refractivity contribution in [1.82, 2.24) is 0 Å². The fraction of sp³-hybridized carbons (Fsp3) is 0.125. The molecule has 2 N–H and O–H groups in total. The quantitative estimate of drug-likeness (QED) is 0.387. The van der Waals surface area contributed by atoms with Gasteiger partial charge in [0.2, 0.25) is 0 Å². The molecule has 4 rings (SSSR count). The number of ether oxygens (including phenoxy) is 1. The highest BCUT2D eigenvalue weighted by molar-refractivity contribution is 7.22. The summed E-state index contributed by atoms with van der Waals surface area (Å²) in [6.45, 7) is 2.68. The first-order valence-electron chi connectivity index (χ1n) is 9.39. The number of carbonyl (C=O) groups excluding carboxylic acids is 1. The number of thiophene rings is 1. The lowest BCUT2D eigenvalue weighted by Crippen LogP contribution is -2.02. The summed E-state index contributed by atoms with van der Waals surface area (Å²) in [6.07, 6.45) is 0.921. The number of benzene rings is 3. The SMILES string of the molecule is CCCOc1ccc(C(=O)c2c(-c3ccc(O)cc3)sc3cc(O)ccc23)cc1. The summed E-state index contributed by atoms with van der Waals surface area (Å²) >= 11 is 1.45. The number of phenolic OH excluding ortho intramolecular Hbond substituents is 2. The number of ketones is 1. The van der Waals surface area contributed by atoms with Crippen molar-refractivity contribution in [3.05, 3.63) is 77.9 Å². The summed E-state index contributed by atoms with van der Waals surface area (Å²) in [5.41, 5.74) is 2.01. The fourth-order valence-electron chi connectivity index (χ4n) is 3.19. The molecule has 0 amide bonds. The minimum atomic E-state index is -0.0907. The molecule has 4 nitrogen and oxygen atoms in total. The number of aromatic hydroxyl groups is 2. The zero-order chi connectivity index (χ0) is 20.4. The Bertz CT molecular complexity index is 1160. The lowest BCUT2D eigenvalue weighted by molar-refractivity contribution is 0.104. The summed E-state index contributed by atoms with van der Waals surface area (Å²) in [6, 6.07) is 19.0. The maximum Gasteiger partial charge on any atom is 0.195 e. The van der Waals surface area contributed by atoms with Gasteiger partial charge in [0.05, 0.1) is 6.61 Å². The number of carbonyl (C=O) groups is 1. The Morgan fingerprint density at radius 2 is 1.62 bits per heavy atom. The van der Waals surface area contributed by atoms with E-state index in [4.69, 9.17) is 4.74 Å². The van der Waals surface area contributed by atoms with E-state index in [-0.39, 0.29) is 17.3 Å². The molecule has 0 radical (unpaired) electrons. The highest BCUT2D eigenvalue weighted by Gasteiger charge is 2.22. The molecule has 0 fully saturated rings. The van der Waals surface area contributed by atoms with Gasteiger partial charge in [0.25, 0.3) is 0 Å². The maximum atomic E-state index is 13.4. The van der Waals surface area contributed by atoms with E-state index in [1.165, 1.54) is 11.3 Å². The largest absolute Gasteiger partial charge is 0.508 e. The lowest BCUT2D eigenvalue weighted by Gasteiger charge is -2.07. The van der Waals surface area contributed by atoms with E-state index >= 15 is 0 Å². The first-order chi connectivity index (χ1) is 14.1. The standard InChI is InChI=1S/C24H20O4S/c1-2-13-28-19-10-5-15(6-11-19)23(27)22-20-12-9-18(26)14-21(20)29-24(22)16-3-7-17(25)8-4-16/h3-12,14,25-26H,2,13H2,1H3. The first kappa shape index (κ1) is 19.0. The first-order valence-corrected chi connectivity index (χ1v) is 10.2. The number of fused-ring (bicyclic) bond motifs is 1. The van der Waals surface area contributed by atoms with Gasteiger partial charge in [0.15, 0.2) is 5.78 Å². The zero-order valence-electron chi connectivity index (χ0n) is 15.9. The van der Waals surface area contributed by atoms with Crippen LogP contribution in [-0.2, 0) is 0 Å². The Balaban J connectivity index is 1.81. The average molecular weight is 404 g/mol. The summed E-state index contributed by atoms with van der Waals surface area (Å²) in [5.74, 6) is 0.977. The van der Waals surface area contributed by atoms with Gasteiger partial charge in [0, 0.05) is 26.1 Å². The van der Waals surface area contributed by atoms with Gasteiger partial charge in [-0.1, -0.05) is 6.92 Å². The maximum absolute atomic E-state index is 13.4. The second kappa shape index (κ2) is 7.97. The molecule has 4 aromatic rings. The Morgan fingerprint density at radius 1 is 0.931 bits per heavy atom. The van der Waals surface area contributed by atoms with Crippen LogP contribution in [0.2, 0.25) is 0 Å². The molecule has 1 heterocycles. The Hall–Kier alpha value is -3.31. The van der Waals surface area contributed by atoms with Gasteiger partial charge in [-0.25, -0.2) is 0 Å². The molecule has 0 bridgehead atoms. The van der Waals surface area contributed by atoms with E-state index in [0.717, 1.165) is 32.7 Å². The normalized spacial score (nSPS) is 10.9. The number of rotatable bonds is 6. The molecule has 0 aliphatic carbocycles. The molecule has 0 spiro atoms. The summed E-state index contributed by atoms with van der Waals surface area (Å²) < 4.78 is 6.44. The zero-order valence-corrected chi connectivity index (χ0v) is 16.7. The van der Waals surface area contributed by atoms with Gasteiger partial charge >= 0.3 is 0 Å². The Morgan fingerprint density at radius 3 is 2.31 bits per heavy atom. The van der Waals surface area contributed by atoms with Crippen LogP contribution in [0, 0.1) is 0 Å². The predicted octanol–water partition coefficient (Wildman–Crippen LogP) is 6.00. The lowest BCUT2D eigenvalue weighted by atomic mass is 9.97.